The average Bonchev–Trinajstić information content (AvgIpc) is 2.69. The molecule has 30 heavy (non-hydrogen) atoms. The van der Waals surface area contributed by atoms with Gasteiger partial charge in [-0.05, 0) is 43.7 Å². The van der Waals surface area contributed by atoms with Crippen LogP contribution in [0.25, 0.3) is 0 Å². The van der Waals surface area contributed by atoms with Crippen LogP contribution >= 0.6 is 0 Å². The molecule has 0 heterocycles. The van der Waals surface area contributed by atoms with Gasteiger partial charge in [-0.2, -0.15) is 10.2 Å². The monoisotopic (exact) mass is 433 g/mol. The fourth-order valence-corrected chi connectivity index (χ4v) is 3.11. The van der Waals surface area contributed by atoms with Gasteiger partial charge in [-0.25, -0.2) is 0 Å². The van der Waals surface area contributed by atoms with Gasteiger partial charge in [0.05, 0.1) is 37.6 Å². The largest absolute Gasteiger partial charge is 1.00 e. The molecule has 0 unspecified atom stereocenters. The molecule has 2 rings (SSSR count). The third kappa shape index (κ3) is 9.70. The topological polar surface area (TPSA) is 54.2 Å². The van der Waals surface area contributed by atoms with E-state index in [1.807, 2.05) is 37.3 Å². The molecule has 0 aromatic heterocycles. The van der Waals surface area contributed by atoms with Crippen molar-refractivity contribution < 1.29 is 26.7 Å². The normalized spacial score (nSPS) is 11.6. The molecule has 0 radical (unpaired) electrons. The van der Waals surface area contributed by atoms with E-state index in [1.165, 1.54) is 31.2 Å². The number of phenols is 1. The number of hydrogen-bond acceptors (Lipinski definition) is 4. The highest BCUT2D eigenvalue weighted by atomic mass is 35.5. The summed E-state index contributed by atoms with van der Waals surface area (Å²) in [5, 5.41) is 18.9. The Kier molecular flexibility index (Phi) is 11.6. The first kappa shape index (κ1) is 26.1. The van der Waals surface area contributed by atoms with Crippen molar-refractivity contribution in [1.82, 2.24) is 0 Å². The molecule has 6 heteroatoms. The molecule has 166 valence electrons. The average molecular weight is 434 g/mol. The molecule has 0 saturated carbocycles. The van der Waals surface area contributed by atoms with Crippen molar-refractivity contribution in [2.75, 3.05) is 27.4 Å². The standard InChI is InChI=1S/C24H35N3O2.ClH/c1-5-6-7-8-9-16-29-19-27(3,4)18-21-17-23(14-15-24(21)28)26-25-22-12-10-20(2)11-13-22;/h10-15,17H,5-9,16,18-19H2,1-4H3;1H. The van der Waals surface area contributed by atoms with E-state index in [2.05, 4.69) is 31.2 Å². The Morgan fingerprint density at radius 1 is 0.900 bits per heavy atom. The summed E-state index contributed by atoms with van der Waals surface area (Å²) in [6.07, 6.45) is 6.20. The summed E-state index contributed by atoms with van der Waals surface area (Å²) in [6, 6.07) is 13.3. The maximum absolute atomic E-state index is 10.3. The number of aryl methyl sites for hydroxylation is 1. The third-order valence-corrected chi connectivity index (χ3v) is 4.81. The minimum absolute atomic E-state index is 0. The van der Waals surface area contributed by atoms with Crippen LogP contribution in [-0.2, 0) is 11.3 Å². The molecule has 0 fully saturated rings. The quantitative estimate of drug-likeness (QED) is 0.240. The Balaban J connectivity index is 0.00000450. The Morgan fingerprint density at radius 2 is 1.53 bits per heavy atom. The molecular weight excluding hydrogens is 398 g/mol. The molecule has 0 amide bonds. The summed E-state index contributed by atoms with van der Waals surface area (Å²) in [5.74, 6) is 0.282. The summed E-state index contributed by atoms with van der Waals surface area (Å²) in [5.41, 5.74) is 3.59. The number of phenolic OH excluding ortho intramolecular Hbond substituents is 1. The first-order chi connectivity index (χ1) is 13.9. The van der Waals surface area contributed by atoms with Gasteiger partial charge < -0.3 is 26.7 Å². The van der Waals surface area contributed by atoms with Gasteiger partial charge in [0.1, 0.15) is 12.3 Å². The highest BCUT2D eigenvalue weighted by Gasteiger charge is 2.18. The second-order valence-corrected chi connectivity index (χ2v) is 8.39. The number of benzene rings is 2. The highest BCUT2D eigenvalue weighted by Crippen LogP contribution is 2.27. The molecule has 0 aliphatic carbocycles. The van der Waals surface area contributed by atoms with Crippen LogP contribution in [0.4, 0.5) is 11.4 Å². The van der Waals surface area contributed by atoms with Gasteiger partial charge in [-0.3, -0.25) is 0 Å². The number of unbranched alkanes of at least 4 members (excludes halogenated alkanes) is 4. The zero-order chi connectivity index (χ0) is 21.1. The second-order valence-electron chi connectivity index (χ2n) is 8.39. The second kappa shape index (κ2) is 13.4. The lowest BCUT2D eigenvalue weighted by Gasteiger charge is -2.29. The number of nitrogens with zero attached hydrogens (tertiary/aromatic N) is 3. The lowest BCUT2D eigenvalue weighted by molar-refractivity contribution is -0.922. The molecule has 2 aromatic carbocycles. The molecule has 1 N–H and O–H groups in total. The summed E-state index contributed by atoms with van der Waals surface area (Å²) in [6.45, 7) is 6.34. The first-order valence-corrected chi connectivity index (χ1v) is 10.6. The van der Waals surface area contributed by atoms with Crippen molar-refractivity contribution >= 4 is 11.4 Å². The summed E-state index contributed by atoms with van der Waals surface area (Å²) < 4.78 is 6.52. The van der Waals surface area contributed by atoms with Crippen molar-refractivity contribution in [1.29, 1.82) is 0 Å². The van der Waals surface area contributed by atoms with Crippen LogP contribution in [0.3, 0.4) is 0 Å². The van der Waals surface area contributed by atoms with Crippen molar-refractivity contribution in [2.45, 2.75) is 52.5 Å². The summed E-state index contributed by atoms with van der Waals surface area (Å²) >= 11 is 0. The summed E-state index contributed by atoms with van der Waals surface area (Å²) in [4.78, 5) is 0. The van der Waals surface area contributed by atoms with Gasteiger partial charge >= 0.3 is 0 Å². The lowest BCUT2D eigenvalue weighted by atomic mass is 10.1. The molecule has 0 aliphatic rings. The predicted octanol–water partition coefficient (Wildman–Crippen LogP) is 3.64. The molecule has 2 aromatic rings. The maximum Gasteiger partial charge on any atom is 0.182 e. The van der Waals surface area contributed by atoms with Crippen LogP contribution in [-0.4, -0.2) is 37.0 Å². The maximum atomic E-state index is 10.3. The molecule has 5 nitrogen and oxygen atoms in total. The Labute approximate surface area is 187 Å². The minimum atomic E-state index is 0. The van der Waals surface area contributed by atoms with E-state index in [0.717, 1.165) is 30.0 Å². The molecule has 0 spiro atoms. The Hall–Kier alpha value is -1.95. The molecular formula is C24H36ClN3O2. The molecule has 0 bridgehead atoms. The van der Waals surface area contributed by atoms with Gasteiger partial charge in [0.15, 0.2) is 6.73 Å². The zero-order valence-electron chi connectivity index (χ0n) is 18.8. The van der Waals surface area contributed by atoms with E-state index in [9.17, 15) is 5.11 Å². The number of quaternary nitrogens is 1. The van der Waals surface area contributed by atoms with Crippen molar-refractivity contribution in [3.05, 3.63) is 53.6 Å². The Morgan fingerprint density at radius 3 is 2.23 bits per heavy atom. The van der Waals surface area contributed by atoms with Gasteiger partial charge in [0, 0.05) is 0 Å². The summed E-state index contributed by atoms with van der Waals surface area (Å²) in [7, 11) is 4.22. The lowest BCUT2D eigenvalue weighted by Crippen LogP contribution is -3.00. The van der Waals surface area contributed by atoms with Gasteiger partial charge in [-0.1, -0.05) is 50.3 Å². The molecule has 0 atom stereocenters. The van der Waals surface area contributed by atoms with E-state index >= 15 is 0 Å². The Bertz CT molecular complexity index is 777. The molecule has 0 saturated heterocycles. The number of azo groups is 1. The van der Waals surface area contributed by atoms with Crippen LogP contribution in [0.5, 0.6) is 5.75 Å². The van der Waals surface area contributed by atoms with Gasteiger partial charge in [-0.15, -0.1) is 0 Å². The van der Waals surface area contributed by atoms with E-state index in [0.29, 0.717) is 17.8 Å². The fourth-order valence-electron chi connectivity index (χ4n) is 3.11. The van der Waals surface area contributed by atoms with Crippen LogP contribution in [0.1, 0.15) is 50.2 Å². The van der Waals surface area contributed by atoms with Crippen molar-refractivity contribution in [2.24, 2.45) is 10.2 Å². The minimum Gasteiger partial charge on any atom is -1.00 e. The van der Waals surface area contributed by atoms with Crippen LogP contribution in [0, 0.1) is 6.92 Å². The number of halogens is 1. The SMILES string of the molecule is CCCCCCCOC[N+](C)(C)Cc1cc(N=Nc2ccc(C)cc2)ccc1O.[Cl-]. The van der Waals surface area contributed by atoms with E-state index < -0.39 is 0 Å². The van der Waals surface area contributed by atoms with Crippen molar-refractivity contribution in [3.63, 3.8) is 0 Å². The smallest absolute Gasteiger partial charge is 0.182 e. The number of rotatable bonds is 12. The van der Waals surface area contributed by atoms with E-state index in [-0.39, 0.29) is 18.2 Å². The van der Waals surface area contributed by atoms with Crippen LogP contribution in [0.15, 0.2) is 52.7 Å². The predicted molar refractivity (Wildman–Crippen MR) is 119 cm³/mol. The zero-order valence-corrected chi connectivity index (χ0v) is 19.5. The number of ether oxygens (including phenoxy) is 1. The van der Waals surface area contributed by atoms with Crippen LogP contribution < -0.4 is 12.4 Å². The van der Waals surface area contributed by atoms with E-state index in [4.69, 9.17) is 4.74 Å². The number of aromatic hydroxyl groups is 1. The van der Waals surface area contributed by atoms with Crippen molar-refractivity contribution in [3.8, 4) is 5.75 Å². The fraction of sp³-hybridized carbons (Fsp3) is 0.500. The first-order valence-electron chi connectivity index (χ1n) is 10.6. The molecule has 0 aliphatic heterocycles. The third-order valence-electron chi connectivity index (χ3n) is 4.81. The van der Waals surface area contributed by atoms with Gasteiger partial charge in [0.25, 0.3) is 0 Å². The number of hydrogen-bond donors (Lipinski definition) is 1. The van der Waals surface area contributed by atoms with E-state index in [1.54, 1.807) is 12.1 Å². The highest BCUT2D eigenvalue weighted by molar-refractivity contribution is 5.47. The van der Waals surface area contributed by atoms with Gasteiger partial charge in [0.2, 0.25) is 0 Å². The van der Waals surface area contributed by atoms with Crippen LogP contribution in [0.2, 0.25) is 0 Å².